The number of phenols is 1. The Hall–Kier alpha value is -1.22. The molecule has 3 nitrogen and oxygen atoms in total. The molecule has 1 aromatic rings. The lowest BCUT2D eigenvalue weighted by atomic mass is 10.2. The molecule has 0 aliphatic heterocycles. The summed E-state index contributed by atoms with van der Waals surface area (Å²) >= 11 is 5.77. The van der Waals surface area contributed by atoms with Crippen LogP contribution in [0.5, 0.6) is 5.75 Å². The third-order valence-electron chi connectivity index (χ3n) is 2.00. The fourth-order valence-corrected chi connectivity index (χ4v) is 1.07. The average Bonchev–Trinajstić information content (AvgIpc) is 2.23. The van der Waals surface area contributed by atoms with Crippen molar-refractivity contribution in [3.63, 3.8) is 0 Å². The van der Waals surface area contributed by atoms with Crippen LogP contribution in [0.25, 0.3) is 0 Å². The number of rotatable bonds is 4. The van der Waals surface area contributed by atoms with Crippen LogP contribution in [-0.4, -0.2) is 17.4 Å². The number of aromatic hydroxyl groups is 1. The van der Waals surface area contributed by atoms with Gasteiger partial charge in [-0.15, -0.1) is 0 Å². The highest BCUT2D eigenvalue weighted by molar-refractivity contribution is 6.30. The highest BCUT2D eigenvalue weighted by Crippen LogP contribution is 2.19. The maximum Gasteiger partial charge on any atom is 0.124 e. The Labute approximate surface area is 94.3 Å². The van der Waals surface area contributed by atoms with Crippen LogP contribution in [-0.2, 0) is 4.84 Å². The van der Waals surface area contributed by atoms with Gasteiger partial charge in [-0.3, -0.25) is 0 Å². The smallest absolute Gasteiger partial charge is 0.124 e. The van der Waals surface area contributed by atoms with Crippen molar-refractivity contribution < 1.29 is 9.94 Å². The Balaban J connectivity index is 2.67. The Bertz CT molecular complexity index is 352. The Morgan fingerprint density at radius 2 is 2.33 bits per heavy atom. The van der Waals surface area contributed by atoms with E-state index in [-0.39, 0.29) is 11.9 Å². The first-order valence-corrected chi connectivity index (χ1v) is 5.19. The summed E-state index contributed by atoms with van der Waals surface area (Å²) in [5, 5.41) is 13.8. The van der Waals surface area contributed by atoms with Gasteiger partial charge in [-0.1, -0.05) is 23.7 Å². The highest BCUT2D eigenvalue weighted by Gasteiger charge is 2.00. The van der Waals surface area contributed by atoms with E-state index in [9.17, 15) is 5.11 Å². The lowest BCUT2D eigenvalue weighted by Crippen LogP contribution is -2.01. The Kier molecular flexibility index (Phi) is 4.43. The zero-order chi connectivity index (χ0) is 11.3. The van der Waals surface area contributed by atoms with Crippen molar-refractivity contribution in [3.8, 4) is 5.75 Å². The van der Waals surface area contributed by atoms with E-state index in [0.717, 1.165) is 6.42 Å². The minimum absolute atomic E-state index is 0.0718. The van der Waals surface area contributed by atoms with Gasteiger partial charge in [0.15, 0.2) is 0 Å². The van der Waals surface area contributed by atoms with Gasteiger partial charge in [0.2, 0.25) is 0 Å². The van der Waals surface area contributed by atoms with Crippen LogP contribution < -0.4 is 0 Å². The number of nitrogens with zero attached hydrogens (tertiary/aromatic N) is 1. The van der Waals surface area contributed by atoms with Crippen molar-refractivity contribution in [3.05, 3.63) is 28.8 Å². The molecular weight excluding hydrogens is 214 g/mol. The van der Waals surface area contributed by atoms with Gasteiger partial charge in [-0.25, -0.2) is 0 Å². The fourth-order valence-electron chi connectivity index (χ4n) is 0.894. The van der Waals surface area contributed by atoms with Crippen LogP contribution in [0.3, 0.4) is 0 Å². The molecule has 1 atom stereocenters. The van der Waals surface area contributed by atoms with Gasteiger partial charge >= 0.3 is 0 Å². The molecule has 0 aliphatic carbocycles. The van der Waals surface area contributed by atoms with E-state index in [1.165, 1.54) is 12.3 Å². The lowest BCUT2D eigenvalue weighted by Gasteiger charge is -2.05. The second kappa shape index (κ2) is 5.61. The summed E-state index contributed by atoms with van der Waals surface area (Å²) in [7, 11) is 0. The fraction of sp³-hybridized carbons (Fsp3) is 0.364. The van der Waals surface area contributed by atoms with Crippen molar-refractivity contribution in [2.75, 3.05) is 0 Å². The van der Waals surface area contributed by atoms with Crippen LogP contribution in [0.1, 0.15) is 25.8 Å². The maximum absolute atomic E-state index is 9.45. The van der Waals surface area contributed by atoms with Crippen molar-refractivity contribution in [1.82, 2.24) is 0 Å². The SMILES string of the molecule is CCC(C)ON=Cc1cc(Cl)ccc1O. The molecule has 0 bridgehead atoms. The molecule has 82 valence electrons. The highest BCUT2D eigenvalue weighted by atomic mass is 35.5. The molecule has 0 amide bonds. The molecule has 0 aliphatic rings. The summed E-state index contributed by atoms with van der Waals surface area (Å²) in [6, 6.07) is 4.76. The standard InChI is InChI=1S/C11H14ClNO2/c1-3-8(2)15-13-7-9-6-10(12)4-5-11(9)14/h4-8,14H,3H2,1-2H3. The third-order valence-corrected chi connectivity index (χ3v) is 2.23. The van der Waals surface area contributed by atoms with Crippen molar-refractivity contribution >= 4 is 17.8 Å². The molecule has 1 aromatic carbocycles. The van der Waals surface area contributed by atoms with E-state index in [1.54, 1.807) is 12.1 Å². The predicted molar refractivity (Wildman–Crippen MR) is 61.5 cm³/mol. The number of hydrogen-bond donors (Lipinski definition) is 1. The molecule has 1 N–H and O–H groups in total. The minimum atomic E-state index is 0.0718. The quantitative estimate of drug-likeness (QED) is 0.634. The summed E-state index contributed by atoms with van der Waals surface area (Å²) in [6.07, 6.45) is 2.41. The van der Waals surface area contributed by atoms with Crippen LogP contribution in [0, 0.1) is 0 Å². The molecule has 15 heavy (non-hydrogen) atoms. The van der Waals surface area contributed by atoms with Crippen molar-refractivity contribution in [2.45, 2.75) is 26.4 Å². The average molecular weight is 228 g/mol. The molecule has 0 aromatic heterocycles. The Morgan fingerprint density at radius 1 is 1.60 bits per heavy atom. The summed E-state index contributed by atoms with van der Waals surface area (Å²) in [5.74, 6) is 0.135. The molecular formula is C11H14ClNO2. The van der Waals surface area contributed by atoms with E-state index in [1.807, 2.05) is 13.8 Å². The van der Waals surface area contributed by atoms with Gasteiger partial charge in [0, 0.05) is 10.6 Å². The summed E-state index contributed by atoms with van der Waals surface area (Å²) < 4.78 is 0. The van der Waals surface area contributed by atoms with E-state index in [4.69, 9.17) is 16.4 Å². The first kappa shape index (κ1) is 11.9. The van der Waals surface area contributed by atoms with E-state index in [0.29, 0.717) is 10.6 Å². The first-order chi connectivity index (χ1) is 7.13. The summed E-state index contributed by atoms with van der Waals surface area (Å²) in [6.45, 7) is 3.94. The van der Waals surface area contributed by atoms with Gasteiger partial charge in [0.1, 0.15) is 11.9 Å². The summed E-state index contributed by atoms with van der Waals surface area (Å²) in [5.41, 5.74) is 0.547. The van der Waals surface area contributed by atoms with Gasteiger partial charge in [0.25, 0.3) is 0 Å². The topological polar surface area (TPSA) is 41.8 Å². The van der Waals surface area contributed by atoms with Crippen molar-refractivity contribution in [1.29, 1.82) is 0 Å². The molecule has 4 heteroatoms. The van der Waals surface area contributed by atoms with Crippen LogP contribution >= 0.6 is 11.6 Å². The molecule has 0 spiro atoms. The van der Waals surface area contributed by atoms with Gasteiger partial charge < -0.3 is 9.94 Å². The molecule has 0 fully saturated rings. The van der Waals surface area contributed by atoms with Crippen LogP contribution in [0.2, 0.25) is 5.02 Å². The monoisotopic (exact) mass is 227 g/mol. The van der Waals surface area contributed by atoms with Gasteiger partial charge in [0.05, 0.1) is 6.21 Å². The second-order valence-electron chi connectivity index (χ2n) is 3.26. The number of oxime groups is 1. The number of hydrogen-bond acceptors (Lipinski definition) is 3. The lowest BCUT2D eigenvalue weighted by molar-refractivity contribution is 0.0712. The van der Waals surface area contributed by atoms with E-state index >= 15 is 0 Å². The van der Waals surface area contributed by atoms with E-state index in [2.05, 4.69) is 5.16 Å². The van der Waals surface area contributed by atoms with Gasteiger partial charge in [-0.05, 0) is 31.5 Å². The molecule has 0 radical (unpaired) electrons. The molecule has 0 saturated heterocycles. The Morgan fingerprint density at radius 3 is 3.00 bits per heavy atom. The maximum atomic E-state index is 9.45. The molecule has 1 unspecified atom stereocenters. The van der Waals surface area contributed by atoms with Crippen LogP contribution in [0.15, 0.2) is 23.4 Å². The zero-order valence-electron chi connectivity index (χ0n) is 8.77. The predicted octanol–water partition coefficient (Wildman–Crippen LogP) is 3.19. The second-order valence-corrected chi connectivity index (χ2v) is 3.70. The molecule has 0 saturated carbocycles. The normalized spacial score (nSPS) is 13.0. The number of benzene rings is 1. The third kappa shape index (κ3) is 3.80. The first-order valence-electron chi connectivity index (χ1n) is 4.81. The largest absolute Gasteiger partial charge is 0.507 e. The molecule has 0 heterocycles. The number of phenolic OH excluding ortho intramolecular Hbond substituents is 1. The number of halogens is 1. The zero-order valence-corrected chi connectivity index (χ0v) is 9.53. The van der Waals surface area contributed by atoms with Gasteiger partial charge in [-0.2, -0.15) is 0 Å². The van der Waals surface area contributed by atoms with Crippen LogP contribution in [0.4, 0.5) is 0 Å². The van der Waals surface area contributed by atoms with E-state index < -0.39 is 0 Å². The summed E-state index contributed by atoms with van der Waals surface area (Å²) in [4.78, 5) is 5.11. The molecule has 1 rings (SSSR count). The van der Waals surface area contributed by atoms with Crippen molar-refractivity contribution in [2.24, 2.45) is 5.16 Å². The minimum Gasteiger partial charge on any atom is -0.507 e.